The third-order valence-corrected chi connectivity index (χ3v) is 5.04. The summed E-state index contributed by atoms with van der Waals surface area (Å²) in [6, 6.07) is 15.1. The second kappa shape index (κ2) is 9.38. The van der Waals surface area contributed by atoms with Crippen LogP contribution in [0.25, 0.3) is 5.69 Å². The van der Waals surface area contributed by atoms with Crippen molar-refractivity contribution < 1.29 is 9.59 Å². The number of amides is 2. The maximum Gasteiger partial charge on any atom is 0.234 e. The van der Waals surface area contributed by atoms with Gasteiger partial charge in [0.05, 0.1) is 5.75 Å². The predicted molar refractivity (Wildman–Crippen MR) is 115 cm³/mol. The molecule has 3 rings (SSSR count). The normalized spacial score (nSPS) is 10.8. The van der Waals surface area contributed by atoms with Gasteiger partial charge in [-0.2, -0.15) is 0 Å². The Morgan fingerprint density at radius 2 is 1.76 bits per heavy atom. The van der Waals surface area contributed by atoms with Crippen LogP contribution >= 0.6 is 11.8 Å². The molecule has 0 spiro atoms. The molecule has 0 unspecified atom stereocenters. The van der Waals surface area contributed by atoms with Gasteiger partial charge in [0.25, 0.3) is 0 Å². The van der Waals surface area contributed by atoms with E-state index in [4.69, 9.17) is 0 Å². The molecule has 0 aliphatic heterocycles. The Morgan fingerprint density at radius 1 is 1.07 bits per heavy atom. The first-order chi connectivity index (χ1) is 13.9. The maximum absolute atomic E-state index is 12.4. The fourth-order valence-electron chi connectivity index (χ4n) is 2.49. The summed E-state index contributed by atoms with van der Waals surface area (Å²) in [4.78, 5) is 24.2. The first-order valence-electron chi connectivity index (χ1n) is 9.23. The van der Waals surface area contributed by atoms with Crippen LogP contribution in [-0.2, 0) is 9.59 Å². The summed E-state index contributed by atoms with van der Waals surface area (Å²) in [5.74, 6) is -0.163. The molecule has 8 heteroatoms. The summed E-state index contributed by atoms with van der Waals surface area (Å²) in [5.41, 5.74) is 3.38. The van der Waals surface area contributed by atoms with Crippen LogP contribution in [-0.4, -0.2) is 32.3 Å². The zero-order valence-electron chi connectivity index (χ0n) is 16.5. The monoisotopic (exact) mass is 409 g/mol. The molecule has 2 N–H and O–H groups in total. The van der Waals surface area contributed by atoms with E-state index in [0.29, 0.717) is 16.5 Å². The number of hydrogen-bond donors (Lipinski definition) is 2. The van der Waals surface area contributed by atoms with Crippen molar-refractivity contribution in [3.05, 3.63) is 60.4 Å². The minimum absolute atomic E-state index is 0.0699. The molecule has 0 saturated heterocycles. The second-order valence-electron chi connectivity index (χ2n) is 6.88. The average Bonchev–Trinajstić information content (AvgIpc) is 3.16. The van der Waals surface area contributed by atoms with E-state index >= 15 is 0 Å². The maximum atomic E-state index is 12.4. The lowest BCUT2D eigenvalue weighted by molar-refractivity contribution is -0.119. The van der Waals surface area contributed by atoms with E-state index in [-0.39, 0.29) is 23.5 Å². The second-order valence-corrected chi connectivity index (χ2v) is 7.82. The summed E-state index contributed by atoms with van der Waals surface area (Å²) in [5, 5.41) is 14.4. The van der Waals surface area contributed by atoms with Crippen LogP contribution in [0.15, 0.2) is 60.0 Å². The van der Waals surface area contributed by atoms with Crippen molar-refractivity contribution in [3.8, 4) is 5.69 Å². The lowest BCUT2D eigenvalue weighted by Crippen LogP contribution is -2.18. The zero-order chi connectivity index (χ0) is 20.8. The van der Waals surface area contributed by atoms with Crippen molar-refractivity contribution in [2.75, 3.05) is 16.4 Å². The minimum atomic E-state index is -0.166. The standard InChI is InChI=1S/C21H23N5O2S/c1-14(2)20(28)24-17-6-4-5-16(11-17)23-19(27)12-29-21-25-22-13-26(21)18-9-7-15(3)8-10-18/h4-11,13-14H,12H2,1-3H3,(H,23,27)(H,24,28). The molecule has 0 saturated carbocycles. The van der Waals surface area contributed by atoms with Crippen LogP contribution in [0.5, 0.6) is 0 Å². The molecule has 0 fully saturated rings. The average molecular weight is 410 g/mol. The van der Waals surface area contributed by atoms with Crippen molar-refractivity contribution >= 4 is 35.0 Å². The van der Waals surface area contributed by atoms with E-state index in [2.05, 4.69) is 20.8 Å². The highest BCUT2D eigenvalue weighted by Gasteiger charge is 2.11. The van der Waals surface area contributed by atoms with Crippen molar-refractivity contribution in [2.45, 2.75) is 25.9 Å². The van der Waals surface area contributed by atoms with E-state index in [1.807, 2.05) is 49.6 Å². The number of rotatable bonds is 7. The number of carbonyl (C=O) groups excluding carboxylic acids is 2. The number of aromatic nitrogens is 3. The number of hydrogen-bond acceptors (Lipinski definition) is 5. The molecule has 0 radical (unpaired) electrons. The molecule has 7 nitrogen and oxygen atoms in total. The fourth-order valence-corrected chi connectivity index (χ4v) is 3.22. The van der Waals surface area contributed by atoms with E-state index in [0.717, 1.165) is 5.69 Å². The fraction of sp³-hybridized carbons (Fsp3) is 0.238. The third kappa shape index (κ3) is 5.68. The highest BCUT2D eigenvalue weighted by atomic mass is 32.2. The third-order valence-electron chi connectivity index (χ3n) is 4.10. The summed E-state index contributed by atoms with van der Waals surface area (Å²) >= 11 is 1.31. The van der Waals surface area contributed by atoms with Gasteiger partial charge in [-0.25, -0.2) is 0 Å². The van der Waals surface area contributed by atoms with Gasteiger partial charge in [-0.15, -0.1) is 10.2 Å². The van der Waals surface area contributed by atoms with Crippen LogP contribution in [0.1, 0.15) is 19.4 Å². The zero-order valence-corrected chi connectivity index (χ0v) is 17.4. The van der Waals surface area contributed by atoms with E-state index in [1.54, 1.807) is 30.6 Å². The number of anilines is 2. The van der Waals surface area contributed by atoms with Gasteiger partial charge in [0.1, 0.15) is 6.33 Å². The van der Waals surface area contributed by atoms with Crippen LogP contribution in [0.4, 0.5) is 11.4 Å². The number of nitrogens with zero attached hydrogens (tertiary/aromatic N) is 3. The Balaban J connectivity index is 1.59. The van der Waals surface area contributed by atoms with Gasteiger partial charge < -0.3 is 10.6 Å². The Kier molecular flexibility index (Phi) is 6.66. The largest absolute Gasteiger partial charge is 0.326 e. The Labute approximate surface area is 173 Å². The SMILES string of the molecule is Cc1ccc(-n2cnnc2SCC(=O)Nc2cccc(NC(=O)C(C)C)c2)cc1. The molecule has 0 bridgehead atoms. The molecular formula is C21H23N5O2S. The summed E-state index contributed by atoms with van der Waals surface area (Å²) in [6.45, 7) is 5.68. The number of carbonyl (C=O) groups is 2. The van der Waals surface area contributed by atoms with Gasteiger partial charge in [0.15, 0.2) is 5.16 Å². The van der Waals surface area contributed by atoms with Crippen molar-refractivity contribution in [3.63, 3.8) is 0 Å². The van der Waals surface area contributed by atoms with E-state index in [9.17, 15) is 9.59 Å². The van der Waals surface area contributed by atoms with Crippen molar-refractivity contribution in [2.24, 2.45) is 5.92 Å². The molecule has 29 heavy (non-hydrogen) atoms. The molecule has 150 valence electrons. The molecule has 1 heterocycles. The Hall–Kier alpha value is -3.13. The highest BCUT2D eigenvalue weighted by Crippen LogP contribution is 2.21. The Bertz CT molecular complexity index is 998. The lowest BCUT2D eigenvalue weighted by atomic mass is 10.2. The quantitative estimate of drug-likeness (QED) is 0.578. The molecular weight excluding hydrogens is 386 g/mol. The van der Waals surface area contributed by atoms with Crippen LogP contribution in [0.2, 0.25) is 0 Å². The highest BCUT2D eigenvalue weighted by molar-refractivity contribution is 7.99. The lowest BCUT2D eigenvalue weighted by Gasteiger charge is -2.10. The molecule has 0 aliphatic carbocycles. The van der Waals surface area contributed by atoms with Gasteiger partial charge in [-0.1, -0.05) is 49.4 Å². The van der Waals surface area contributed by atoms with Gasteiger partial charge >= 0.3 is 0 Å². The molecule has 2 amide bonds. The van der Waals surface area contributed by atoms with E-state index < -0.39 is 0 Å². The van der Waals surface area contributed by atoms with E-state index in [1.165, 1.54) is 17.3 Å². The first-order valence-corrected chi connectivity index (χ1v) is 10.2. The molecule has 0 atom stereocenters. The van der Waals surface area contributed by atoms with Crippen LogP contribution < -0.4 is 10.6 Å². The predicted octanol–water partition coefficient (Wildman–Crippen LogP) is 3.90. The molecule has 3 aromatic rings. The van der Waals surface area contributed by atoms with Crippen molar-refractivity contribution in [1.82, 2.24) is 14.8 Å². The topological polar surface area (TPSA) is 88.9 Å². The van der Waals surface area contributed by atoms with Gasteiger partial charge in [-0.05, 0) is 37.3 Å². The van der Waals surface area contributed by atoms with Gasteiger partial charge in [-0.3, -0.25) is 14.2 Å². The summed E-state index contributed by atoms with van der Waals surface area (Å²) in [6.07, 6.45) is 1.63. The van der Waals surface area contributed by atoms with Crippen molar-refractivity contribution in [1.29, 1.82) is 0 Å². The molecule has 1 aromatic heterocycles. The first kappa shape index (κ1) is 20.6. The van der Waals surface area contributed by atoms with Crippen LogP contribution in [0, 0.1) is 12.8 Å². The number of benzene rings is 2. The van der Waals surface area contributed by atoms with Gasteiger partial charge in [0, 0.05) is 23.0 Å². The number of thioether (sulfide) groups is 1. The summed E-state index contributed by atoms with van der Waals surface area (Å²) in [7, 11) is 0. The number of nitrogens with one attached hydrogen (secondary N) is 2. The summed E-state index contributed by atoms with van der Waals surface area (Å²) < 4.78 is 1.85. The Morgan fingerprint density at radius 3 is 2.45 bits per heavy atom. The smallest absolute Gasteiger partial charge is 0.234 e. The van der Waals surface area contributed by atoms with Crippen LogP contribution in [0.3, 0.4) is 0 Å². The molecule has 0 aliphatic rings. The van der Waals surface area contributed by atoms with Gasteiger partial charge in [0.2, 0.25) is 11.8 Å². The number of aryl methyl sites for hydroxylation is 1. The molecule has 2 aromatic carbocycles. The minimum Gasteiger partial charge on any atom is -0.326 e.